The third kappa shape index (κ3) is 3.55. The number of pyridine rings is 1. The summed E-state index contributed by atoms with van der Waals surface area (Å²) in [5.74, 6) is 0.0106. The predicted octanol–water partition coefficient (Wildman–Crippen LogP) is 3.57. The van der Waals surface area contributed by atoms with Crippen LogP contribution in [-0.4, -0.2) is 31.2 Å². The van der Waals surface area contributed by atoms with Crippen LogP contribution < -0.4 is 9.80 Å². The third-order valence-corrected chi connectivity index (χ3v) is 3.84. The summed E-state index contributed by atoms with van der Waals surface area (Å²) in [5, 5.41) is 0. The van der Waals surface area contributed by atoms with Crippen molar-refractivity contribution in [3.63, 3.8) is 0 Å². The van der Waals surface area contributed by atoms with Crippen LogP contribution in [0.1, 0.15) is 5.56 Å². The fourth-order valence-electron chi connectivity index (χ4n) is 2.65. The Morgan fingerprint density at radius 3 is 2.17 bits per heavy atom. The molecular formula is C16H15F4N3. The van der Waals surface area contributed by atoms with Gasteiger partial charge in [-0.05, 0) is 30.3 Å². The highest BCUT2D eigenvalue weighted by Gasteiger charge is 2.31. The molecule has 1 aliphatic heterocycles. The van der Waals surface area contributed by atoms with E-state index in [0.717, 1.165) is 12.1 Å². The third-order valence-electron chi connectivity index (χ3n) is 3.84. The largest absolute Gasteiger partial charge is 0.416 e. The van der Waals surface area contributed by atoms with Crippen molar-refractivity contribution in [2.75, 3.05) is 36.0 Å². The van der Waals surface area contributed by atoms with E-state index in [1.807, 2.05) is 9.80 Å². The van der Waals surface area contributed by atoms with Gasteiger partial charge in [-0.1, -0.05) is 12.1 Å². The molecular weight excluding hydrogens is 310 g/mol. The van der Waals surface area contributed by atoms with Crippen molar-refractivity contribution in [1.82, 2.24) is 4.98 Å². The summed E-state index contributed by atoms with van der Waals surface area (Å²) >= 11 is 0. The molecule has 1 saturated heterocycles. The Hall–Kier alpha value is -2.31. The van der Waals surface area contributed by atoms with Crippen LogP contribution in [0.25, 0.3) is 0 Å². The van der Waals surface area contributed by atoms with Crippen LogP contribution in [0, 0.1) is 5.95 Å². The number of hydrogen-bond donors (Lipinski definition) is 0. The second kappa shape index (κ2) is 6.06. The van der Waals surface area contributed by atoms with Gasteiger partial charge >= 0.3 is 6.18 Å². The van der Waals surface area contributed by atoms with Crippen molar-refractivity contribution in [1.29, 1.82) is 0 Å². The zero-order chi connectivity index (χ0) is 16.4. The van der Waals surface area contributed by atoms with Gasteiger partial charge in [0.05, 0.1) is 5.56 Å². The number of anilines is 2. The number of alkyl halides is 3. The molecule has 0 saturated carbocycles. The Labute approximate surface area is 131 Å². The summed E-state index contributed by atoms with van der Waals surface area (Å²) in [6.07, 6.45) is -4.34. The molecule has 0 unspecified atom stereocenters. The van der Waals surface area contributed by atoms with Gasteiger partial charge in [-0.2, -0.15) is 17.6 Å². The second-order valence-corrected chi connectivity index (χ2v) is 5.34. The van der Waals surface area contributed by atoms with Crippen LogP contribution >= 0.6 is 0 Å². The maximum atomic E-state index is 13.2. The van der Waals surface area contributed by atoms with E-state index >= 15 is 0 Å². The summed E-state index contributed by atoms with van der Waals surface area (Å²) < 4.78 is 51.5. The van der Waals surface area contributed by atoms with Gasteiger partial charge in [0.25, 0.3) is 0 Å². The van der Waals surface area contributed by atoms with Gasteiger partial charge in [0, 0.05) is 31.9 Å². The molecule has 3 nitrogen and oxygen atoms in total. The number of nitrogens with zero attached hydrogens (tertiary/aromatic N) is 3. The minimum atomic E-state index is -4.34. The van der Waals surface area contributed by atoms with Crippen molar-refractivity contribution in [3.8, 4) is 0 Å². The molecule has 7 heteroatoms. The van der Waals surface area contributed by atoms with Crippen LogP contribution in [-0.2, 0) is 6.18 Å². The number of piperazine rings is 1. The molecule has 3 rings (SSSR count). The lowest BCUT2D eigenvalue weighted by Gasteiger charge is -2.36. The molecule has 0 radical (unpaired) electrons. The number of rotatable bonds is 2. The molecule has 1 aromatic carbocycles. The standard InChI is InChI=1S/C16H15F4N3/c17-14-5-2-6-15(21-14)23-9-7-22(8-10-23)13-4-1-3-12(11-13)16(18,19)20/h1-6,11H,7-10H2. The molecule has 0 bridgehead atoms. The summed E-state index contributed by atoms with van der Waals surface area (Å²) in [7, 11) is 0. The fourth-order valence-corrected chi connectivity index (χ4v) is 2.65. The maximum Gasteiger partial charge on any atom is 0.416 e. The van der Waals surface area contributed by atoms with Crippen molar-refractivity contribution < 1.29 is 17.6 Å². The summed E-state index contributed by atoms with van der Waals surface area (Å²) in [6.45, 7) is 2.26. The van der Waals surface area contributed by atoms with E-state index in [4.69, 9.17) is 0 Å². The molecule has 2 heterocycles. The quantitative estimate of drug-likeness (QED) is 0.622. The zero-order valence-electron chi connectivity index (χ0n) is 12.2. The normalized spacial score (nSPS) is 15.8. The number of halogens is 4. The first-order valence-corrected chi connectivity index (χ1v) is 7.23. The number of hydrogen-bond acceptors (Lipinski definition) is 3. The first-order valence-electron chi connectivity index (χ1n) is 7.23. The highest BCUT2D eigenvalue weighted by molar-refractivity contribution is 5.51. The monoisotopic (exact) mass is 325 g/mol. The molecule has 0 amide bonds. The van der Waals surface area contributed by atoms with E-state index in [-0.39, 0.29) is 0 Å². The van der Waals surface area contributed by atoms with E-state index in [1.54, 1.807) is 18.2 Å². The number of aromatic nitrogens is 1. The molecule has 0 atom stereocenters. The highest BCUT2D eigenvalue weighted by Crippen LogP contribution is 2.32. The fraction of sp³-hybridized carbons (Fsp3) is 0.312. The Morgan fingerprint density at radius 2 is 1.52 bits per heavy atom. The van der Waals surface area contributed by atoms with Crippen molar-refractivity contribution in [3.05, 3.63) is 54.0 Å². The second-order valence-electron chi connectivity index (χ2n) is 5.34. The van der Waals surface area contributed by atoms with Gasteiger partial charge in [-0.25, -0.2) is 4.98 Å². The van der Waals surface area contributed by atoms with E-state index in [9.17, 15) is 17.6 Å². The van der Waals surface area contributed by atoms with Crippen LogP contribution in [0.2, 0.25) is 0 Å². The first kappa shape index (κ1) is 15.6. The summed E-state index contributed by atoms with van der Waals surface area (Å²) in [6, 6.07) is 9.92. The summed E-state index contributed by atoms with van der Waals surface area (Å²) in [5.41, 5.74) is -0.101. The lowest BCUT2D eigenvalue weighted by atomic mass is 10.1. The van der Waals surface area contributed by atoms with Crippen molar-refractivity contribution in [2.45, 2.75) is 6.18 Å². The van der Waals surface area contributed by atoms with E-state index in [1.165, 1.54) is 12.1 Å². The minimum Gasteiger partial charge on any atom is -0.368 e. The predicted molar refractivity (Wildman–Crippen MR) is 80.1 cm³/mol. The Balaban J connectivity index is 1.70. The van der Waals surface area contributed by atoms with Gasteiger partial charge in [0.15, 0.2) is 0 Å². The minimum absolute atomic E-state index is 0.539. The Kier molecular flexibility index (Phi) is 4.11. The molecule has 1 fully saturated rings. The average Bonchev–Trinajstić information content (AvgIpc) is 2.54. The lowest BCUT2D eigenvalue weighted by Crippen LogP contribution is -2.46. The summed E-state index contributed by atoms with van der Waals surface area (Å²) in [4.78, 5) is 7.65. The van der Waals surface area contributed by atoms with Crippen molar-refractivity contribution in [2.24, 2.45) is 0 Å². The molecule has 122 valence electrons. The average molecular weight is 325 g/mol. The lowest BCUT2D eigenvalue weighted by molar-refractivity contribution is -0.137. The smallest absolute Gasteiger partial charge is 0.368 e. The molecule has 1 aliphatic rings. The van der Waals surface area contributed by atoms with Crippen LogP contribution in [0.4, 0.5) is 29.1 Å². The topological polar surface area (TPSA) is 19.4 Å². The van der Waals surface area contributed by atoms with Crippen LogP contribution in [0.3, 0.4) is 0 Å². The molecule has 2 aromatic rings. The van der Waals surface area contributed by atoms with Crippen LogP contribution in [0.5, 0.6) is 0 Å². The van der Waals surface area contributed by atoms with Gasteiger partial charge in [0.2, 0.25) is 5.95 Å². The molecule has 0 spiro atoms. The van der Waals surface area contributed by atoms with Crippen LogP contribution in [0.15, 0.2) is 42.5 Å². The first-order chi connectivity index (χ1) is 10.9. The SMILES string of the molecule is Fc1cccc(N2CCN(c3cccc(C(F)(F)F)c3)CC2)n1. The Bertz CT molecular complexity index is 679. The van der Waals surface area contributed by atoms with Gasteiger partial charge < -0.3 is 9.80 Å². The highest BCUT2D eigenvalue weighted by atomic mass is 19.4. The molecule has 1 aromatic heterocycles. The zero-order valence-corrected chi connectivity index (χ0v) is 12.2. The molecule has 0 aliphatic carbocycles. The van der Waals surface area contributed by atoms with E-state index in [0.29, 0.717) is 37.7 Å². The molecule has 23 heavy (non-hydrogen) atoms. The maximum absolute atomic E-state index is 13.2. The van der Waals surface area contributed by atoms with E-state index < -0.39 is 17.7 Å². The van der Waals surface area contributed by atoms with E-state index in [2.05, 4.69) is 4.98 Å². The number of benzene rings is 1. The molecule has 0 N–H and O–H groups in total. The Morgan fingerprint density at radius 1 is 0.870 bits per heavy atom. The van der Waals surface area contributed by atoms with Gasteiger partial charge in [0.1, 0.15) is 5.82 Å². The van der Waals surface area contributed by atoms with Crippen molar-refractivity contribution >= 4 is 11.5 Å². The van der Waals surface area contributed by atoms with Gasteiger partial charge in [-0.3, -0.25) is 0 Å². The van der Waals surface area contributed by atoms with Gasteiger partial charge in [-0.15, -0.1) is 0 Å².